The Kier molecular flexibility index (Phi) is 3.44. The molecule has 1 aliphatic heterocycles. The summed E-state index contributed by atoms with van der Waals surface area (Å²) >= 11 is 0. The second kappa shape index (κ2) is 5.01. The van der Waals surface area contributed by atoms with E-state index < -0.39 is 0 Å². The third-order valence-corrected chi connectivity index (χ3v) is 2.62. The maximum absolute atomic E-state index is 5.62. The summed E-state index contributed by atoms with van der Waals surface area (Å²) in [6, 6.07) is 8.17. The van der Waals surface area contributed by atoms with Crippen LogP contribution in [0.3, 0.4) is 0 Å². The molecule has 1 aromatic rings. The van der Waals surface area contributed by atoms with E-state index in [9.17, 15) is 0 Å². The highest BCUT2D eigenvalue weighted by atomic mass is 16.5. The van der Waals surface area contributed by atoms with Crippen LogP contribution in [0.5, 0.6) is 5.75 Å². The van der Waals surface area contributed by atoms with E-state index in [4.69, 9.17) is 4.74 Å². The Morgan fingerprint density at radius 2 is 2.31 bits per heavy atom. The lowest BCUT2D eigenvalue weighted by Crippen LogP contribution is -2.23. The standard InChI is InChI=1S/C13H18N2O/c1-3-9-16-12-6-4-5-11(10-12)13-14-7-8-15(13)2/h4-6,10H,3,7-9H2,1-2H3. The molecule has 0 fully saturated rings. The quantitative estimate of drug-likeness (QED) is 0.773. The smallest absolute Gasteiger partial charge is 0.130 e. The minimum Gasteiger partial charge on any atom is -0.494 e. The number of hydrogen-bond donors (Lipinski definition) is 0. The number of amidine groups is 1. The second-order valence-electron chi connectivity index (χ2n) is 4.00. The monoisotopic (exact) mass is 218 g/mol. The molecular formula is C13H18N2O. The van der Waals surface area contributed by atoms with Gasteiger partial charge in [0.05, 0.1) is 13.2 Å². The minimum atomic E-state index is 0.770. The molecule has 86 valence electrons. The fourth-order valence-corrected chi connectivity index (χ4v) is 1.79. The third-order valence-electron chi connectivity index (χ3n) is 2.62. The lowest BCUT2D eigenvalue weighted by atomic mass is 10.2. The number of likely N-dealkylation sites (N-methyl/N-ethyl adjacent to an activating group) is 1. The van der Waals surface area contributed by atoms with Crippen LogP contribution < -0.4 is 4.74 Å². The molecule has 0 amide bonds. The van der Waals surface area contributed by atoms with Crippen molar-refractivity contribution in [2.45, 2.75) is 13.3 Å². The van der Waals surface area contributed by atoms with Crippen LogP contribution in [0.15, 0.2) is 29.3 Å². The number of aliphatic imine (C=N–C) groups is 1. The van der Waals surface area contributed by atoms with Crippen LogP contribution in [-0.2, 0) is 0 Å². The van der Waals surface area contributed by atoms with Gasteiger partial charge in [0.25, 0.3) is 0 Å². The van der Waals surface area contributed by atoms with Gasteiger partial charge in [-0.15, -0.1) is 0 Å². The van der Waals surface area contributed by atoms with E-state index in [0.717, 1.165) is 43.3 Å². The van der Waals surface area contributed by atoms with Gasteiger partial charge in [0.2, 0.25) is 0 Å². The highest BCUT2D eigenvalue weighted by Crippen LogP contribution is 2.17. The fourth-order valence-electron chi connectivity index (χ4n) is 1.79. The molecule has 16 heavy (non-hydrogen) atoms. The van der Waals surface area contributed by atoms with E-state index >= 15 is 0 Å². The van der Waals surface area contributed by atoms with Crippen molar-refractivity contribution in [1.29, 1.82) is 0 Å². The molecular weight excluding hydrogens is 200 g/mol. The molecule has 0 aromatic heterocycles. The van der Waals surface area contributed by atoms with E-state index in [1.165, 1.54) is 0 Å². The number of ether oxygens (including phenoxy) is 1. The van der Waals surface area contributed by atoms with Gasteiger partial charge in [-0.3, -0.25) is 4.99 Å². The van der Waals surface area contributed by atoms with E-state index in [1.54, 1.807) is 0 Å². The molecule has 0 saturated carbocycles. The maximum Gasteiger partial charge on any atom is 0.130 e. The Morgan fingerprint density at radius 3 is 3.00 bits per heavy atom. The second-order valence-corrected chi connectivity index (χ2v) is 4.00. The van der Waals surface area contributed by atoms with Gasteiger partial charge in [0.1, 0.15) is 11.6 Å². The molecule has 0 unspecified atom stereocenters. The van der Waals surface area contributed by atoms with E-state index in [2.05, 4.69) is 36.0 Å². The summed E-state index contributed by atoms with van der Waals surface area (Å²) in [5.41, 5.74) is 1.15. The summed E-state index contributed by atoms with van der Waals surface area (Å²) in [7, 11) is 2.07. The van der Waals surface area contributed by atoms with E-state index in [1.807, 2.05) is 12.1 Å². The van der Waals surface area contributed by atoms with Crippen LogP contribution in [0, 0.1) is 0 Å². The molecule has 3 nitrogen and oxygen atoms in total. The van der Waals surface area contributed by atoms with Crippen LogP contribution in [0.25, 0.3) is 0 Å². The Hall–Kier alpha value is -1.51. The zero-order chi connectivity index (χ0) is 11.4. The van der Waals surface area contributed by atoms with Gasteiger partial charge < -0.3 is 9.64 Å². The van der Waals surface area contributed by atoms with Crippen molar-refractivity contribution in [1.82, 2.24) is 4.90 Å². The average Bonchev–Trinajstić information content (AvgIpc) is 2.73. The Balaban J connectivity index is 2.15. The minimum absolute atomic E-state index is 0.770. The lowest BCUT2D eigenvalue weighted by molar-refractivity contribution is 0.317. The number of rotatable bonds is 4. The van der Waals surface area contributed by atoms with Crippen molar-refractivity contribution in [2.24, 2.45) is 4.99 Å². The highest BCUT2D eigenvalue weighted by Gasteiger charge is 2.14. The predicted octanol–water partition coefficient (Wildman–Crippen LogP) is 2.17. The predicted molar refractivity (Wildman–Crippen MR) is 66.3 cm³/mol. The van der Waals surface area contributed by atoms with E-state index in [-0.39, 0.29) is 0 Å². The Morgan fingerprint density at radius 1 is 1.44 bits per heavy atom. The Bertz CT molecular complexity index is 387. The Labute approximate surface area is 96.7 Å². The summed E-state index contributed by atoms with van der Waals surface area (Å²) in [6.07, 6.45) is 1.03. The van der Waals surface area contributed by atoms with Crippen LogP contribution in [0.2, 0.25) is 0 Å². The van der Waals surface area contributed by atoms with Crippen LogP contribution in [0.4, 0.5) is 0 Å². The topological polar surface area (TPSA) is 24.8 Å². The molecule has 0 radical (unpaired) electrons. The van der Waals surface area contributed by atoms with Gasteiger partial charge in [-0.1, -0.05) is 19.1 Å². The lowest BCUT2D eigenvalue weighted by Gasteiger charge is -2.14. The van der Waals surface area contributed by atoms with Crippen molar-refractivity contribution in [3.63, 3.8) is 0 Å². The van der Waals surface area contributed by atoms with Crippen LogP contribution >= 0.6 is 0 Å². The fraction of sp³-hybridized carbons (Fsp3) is 0.462. The first kappa shape index (κ1) is 11.0. The number of benzene rings is 1. The first-order valence-corrected chi connectivity index (χ1v) is 5.80. The summed E-state index contributed by atoms with van der Waals surface area (Å²) < 4.78 is 5.62. The molecule has 1 aromatic carbocycles. The molecule has 0 aliphatic carbocycles. The van der Waals surface area contributed by atoms with Crippen molar-refractivity contribution in [3.05, 3.63) is 29.8 Å². The summed E-state index contributed by atoms with van der Waals surface area (Å²) in [4.78, 5) is 6.67. The van der Waals surface area contributed by atoms with Gasteiger partial charge in [-0.25, -0.2) is 0 Å². The normalized spacial score (nSPS) is 15.1. The van der Waals surface area contributed by atoms with E-state index in [0.29, 0.717) is 0 Å². The van der Waals surface area contributed by atoms with Gasteiger partial charge in [-0.2, -0.15) is 0 Å². The molecule has 0 bridgehead atoms. The van der Waals surface area contributed by atoms with Crippen molar-refractivity contribution >= 4 is 5.84 Å². The maximum atomic E-state index is 5.62. The van der Waals surface area contributed by atoms with Crippen LogP contribution in [0.1, 0.15) is 18.9 Å². The molecule has 1 aliphatic rings. The summed E-state index contributed by atoms with van der Waals surface area (Å²) in [5, 5.41) is 0. The molecule has 3 heteroatoms. The molecule has 0 spiro atoms. The summed E-state index contributed by atoms with van der Waals surface area (Å²) in [6.45, 7) is 4.78. The van der Waals surface area contributed by atoms with Gasteiger partial charge in [0, 0.05) is 19.2 Å². The zero-order valence-corrected chi connectivity index (χ0v) is 9.94. The molecule has 0 N–H and O–H groups in total. The summed E-state index contributed by atoms with van der Waals surface area (Å²) in [5.74, 6) is 2.00. The SMILES string of the molecule is CCCOc1cccc(C2=NCCN2C)c1. The first-order chi connectivity index (χ1) is 7.81. The average molecular weight is 218 g/mol. The van der Waals surface area contributed by atoms with Gasteiger partial charge in [0.15, 0.2) is 0 Å². The highest BCUT2D eigenvalue weighted by molar-refractivity contribution is 5.99. The zero-order valence-electron chi connectivity index (χ0n) is 9.94. The number of hydrogen-bond acceptors (Lipinski definition) is 3. The van der Waals surface area contributed by atoms with Crippen LogP contribution in [-0.4, -0.2) is 37.5 Å². The largest absolute Gasteiger partial charge is 0.494 e. The molecule has 0 saturated heterocycles. The van der Waals surface area contributed by atoms with Crippen molar-refractivity contribution < 1.29 is 4.74 Å². The molecule has 2 rings (SSSR count). The molecule has 1 heterocycles. The third kappa shape index (κ3) is 2.35. The first-order valence-electron chi connectivity index (χ1n) is 5.80. The van der Waals surface area contributed by atoms with Gasteiger partial charge in [-0.05, 0) is 18.6 Å². The molecule has 0 atom stereocenters. The van der Waals surface area contributed by atoms with Gasteiger partial charge >= 0.3 is 0 Å². The van der Waals surface area contributed by atoms with Crippen molar-refractivity contribution in [3.8, 4) is 5.75 Å². The van der Waals surface area contributed by atoms with Crippen molar-refractivity contribution in [2.75, 3.05) is 26.7 Å². The number of nitrogens with zero attached hydrogens (tertiary/aromatic N) is 2.